The van der Waals surface area contributed by atoms with Crippen LogP contribution in [0, 0.1) is 0 Å². The Morgan fingerprint density at radius 3 is 1.53 bits per heavy atom. The minimum atomic E-state index is 0.794. The number of hydrogen-bond acceptors (Lipinski definition) is 3. The highest BCUT2D eigenvalue weighted by molar-refractivity contribution is 5.42. The molecule has 0 saturated heterocycles. The van der Waals surface area contributed by atoms with Gasteiger partial charge in [0.05, 0.1) is 18.0 Å². The van der Waals surface area contributed by atoms with Crippen molar-refractivity contribution in [2.45, 2.75) is 90.4 Å². The SMILES string of the molecule is CCCCCCCCCCCCCCCOc1ccc(/N=N/c2ccccc2)cc1. The van der Waals surface area contributed by atoms with Gasteiger partial charge in [-0.15, -0.1) is 0 Å². The number of ether oxygens (including phenoxy) is 1. The molecule has 2 rings (SSSR count). The molecule has 0 spiro atoms. The third kappa shape index (κ3) is 11.7. The molecule has 0 atom stereocenters. The largest absolute Gasteiger partial charge is 0.494 e. The van der Waals surface area contributed by atoms with Crippen LogP contribution < -0.4 is 4.74 Å². The molecule has 0 aromatic heterocycles. The van der Waals surface area contributed by atoms with E-state index in [0.717, 1.165) is 30.2 Å². The van der Waals surface area contributed by atoms with Crippen LogP contribution >= 0.6 is 0 Å². The smallest absolute Gasteiger partial charge is 0.119 e. The summed E-state index contributed by atoms with van der Waals surface area (Å²) in [7, 11) is 0. The number of benzene rings is 2. The summed E-state index contributed by atoms with van der Waals surface area (Å²) in [6, 6.07) is 17.6. The van der Waals surface area contributed by atoms with E-state index in [1.165, 1.54) is 77.0 Å². The Morgan fingerprint density at radius 1 is 0.533 bits per heavy atom. The Labute approximate surface area is 184 Å². The molecule has 0 amide bonds. The van der Waals surface area contributed by atoms with Crippen molar-refractivity contribution in [3.63, 3.8) is 0 Å². The normalized spacial score (nSPS) is 11.2. The zero-order valence-electron chi connectivity index (χ0n) is 18.9. The van der Waals surface area contributed by atoms with Gasteiger partial charge in [0, 0.05) is 0 Å². The first-order chi connectivity index (χ1) is 14.9. The van der Waals surface area contributed by atoms with Gasteiger partial charge in [-0.25, -0.2) is 0 Å². The molecule has 3 nitrogen and oxygen atoms in total. The fraction of sp³-hybridized carbons (Fsp3) is 0.556. The standard InChI is InChI=1S/C27H40N2O/c1-2-3-4-5-6-7-8-9-10-11-12-13-17-24-30-27-22-20-26(21-23-27)29-28-25-18-15-14-16-19-25/h14-16,18-23H,2-13,17,24H2,1H3/b29-28+. The Balaban J connectivity index is 1.43. The van der Waals surface area contributed by atoms with E-state index in [0.29, 0.717) is 0 Å². The van der Waals surface area contributed by atoms with Crippen molar-refractivity contribution < 1.29 is 4.74 Å². The quantitative estimate of drug-likeness (QED) is 0.189. The first kappa shape index (κ1) is 24.1. The van der Waals surface area contributed by atoms with Crippen LogP contribution in [0.4, 0.5) is 11.4 Å². The maximum atomic E-state index is 5.85. The van der Waals surface area contributed by atoms with E-state index in [1.807, 2.05) is 54.6 Å². The average molecular weight is 409 g/mol. The Morgan fingerprint density at radius 2 is 1.00 bits per heavy atom. The molecule has 0 unspecified atom stereocenters. The Bertz CT molecular complexity index is 667. The number of rotatable bonds is 17. The molecular formula is C27H40N2O. The zero-order chi connectivity index (χ0) is 21.1. The van der Waals surface area contributed by atoms with E-state index in [1.54, 1.807) is 0 Å². The molecule has 164 valence electrons. The fourth-order valence-corrected chi connectivity index (χ4v) is 3.53. The van der Waals surface area contributed by atoms with Crippen LogP contribution in [-0.4, -0.2) is 6.61 Å². The monoisotopic (exact) mass is 408 g/mol. The fourth-order valence-electron chi connectivity index (χ4n) is 3.53. The molecule has 0 aliphatic heterocycles. The number of azo groups is 1. The molecule has 2 aromatic rings. The van der Waals surface area contributed by atoms with Crippen LogP contribution in [0.1, 0.15) is 90.4 Å². The van der Waals surface area contributed by atoms with Crippen molar-refractivity contribution in [2.24, 2.45) is 10.2 Å². The summed E-state index contributed by atoms with van der Waals surface area (Å²) in [4.78, 5) is 0. The first-order valence-electron chi connectivity index (χ1n) is 12.1. The van der Waals surface area contributed by atoms with Crippen LogP contribution in [-0.2, 0) is 0 Å². The summed E-state index contributed by atoms with van der Waals surface area (Å²) in [5.41, 5.74) is 1.70. The van der Waals surface area contributed by atoms with E-state index in [9.17, 15) is 0 Å². The molecular weight excluding hydrogens is 368 g/mol. The van der Waals surface area contributed by atoms with E-state index in [-0.39, 0.29) is 0 Å². The minimum Gasteiger partial charge on any atom is -0.494 e. The van der Waals surface area contributed by atoms with Gasteiger partial charge in [-0.3, -0.25) is 0 Å². The summed E-state index contributed by atoms with van der Waals surface area (Å²) in [6.07, 6.45) is 17.8. The zero-order valence-corrected chi connectivity index (χ0v) is 18.9. The van der Waals surface area contributed by atoms with Crippen LogP contribution in [0.5, 0.6) is 5.75 Å². The van der Waals surface area contributed by atoms with Crippen LogP contribution in [0.25, 0.3) is 0 Å². The lowest BCUT2D eigenvalue weighted by atomic mass is 10.0. The van der Waals surface area contributed by atoms with Crippen molar-refractivity contribution in [3.05, 3.63) is 54.6 Å². The van der Waals surface area contributed by atoms with Gasteiger partial charge in [0.25, 0.3) is 0 Å². The molecule has 0 saturated carbocycles. The lowest BCUT2D eigenvalue weighted by Crippen LogP contribution is -1.96. The van der Waals surface area contributed by atoms with Crippen molar-refractivity contribution in [3.8, 4) is 5.75 Å². The van der Waals surface area contributed by atoms with Gasteiger partial charge >= 0.3 is 0 Å². The Kier molecular flexibility index (Phi) is 13.4. The van der Waals surface area contributed by atoms with E-state index in [2.05, 4.69) is 17.2 Å². The van der Waals surface area contributed by atoms with Gasteiger partial charge in [-0.2, -0.15) is 10.2 Å². The lowest BCUT2D eigenvalue weighted by molar-refractivity contribution is 0.304. The predicted octanol–water partition coefficient (Wildman–Crippen LogP) is 9.57. The van der Waals surface area contributed by atoms with Crippen molar-refractivity contribution in [2.75, 3.05) is 6.61 Å². The van der Waals surface area contributed by atoms with Gasteiger partial charge in [-0.05, 0) is 42.8 Å². The minimum absolute atomic E-state index is 0.794. The van der Waals surface area contributed by atoms with E-state index < -0.39 is 0 Å². The molecule has 0 heterocycles. The molecule has 2 aromatic carbocycles. The number of unbranched alkanes of at least 4 members (excludes halogenated alkanes) is 12. The predicted molar refractivity (Wildman–Crippen MR) is 128 cm³/mol. The maximum absolute atomic E-state index is 5.85. The second-order valence-electron chi connectivity index (χ2n) is 8.12. The molecule has 0 aliphatic rings. The lowest BCUT2D eigenvalue weighted by Gasteiger charge is -2.06. The second-order valence-corrected chi connectivity index (χ2v) is 8.12. The third-order valence-corrected chi connectivity index (χ3v) is 5.39. The van der Waals surface area contributed by atoms with E-state index >= 15 is 0 Å². The van der Waals surface area contributed by atoms with Crippen molar-refractivity contribution in [1.29, 1.82) is 0 Å². The number of hydrogen-bond donors (Lipinski definition) is 0. The summed E-state index contributed by atoms with van der Waals surface area (Å²) in [5.74, 6) is 0.910. The van der Waals surface area contributed by atoms with Crippen LogP contribution in [0.15, 0.2) is 64.8 Å². The van der Waals surface area contributed by atoms with Crippen LogP contribution in [0.3, 0.4) is 0 Å². The van der Waals surface area contributed by atoms with E-state index in [4.69, 9.17) is 4.74 Å². The molecule has 0 bridgehead atoms. The highest BCUT2D eigenvalue weighted by Crippen LogP contribution is 2.21. The topological polar surface area (TPSA) is 34.0 Å². The highest BCUT2D eigenvalue weighted by atomic mass is 16.5. The second kappa shape index (κ2) is 16.6. The van der Waals surface area contributed by atoms with Crippen LogP contribution in [0.2, 0.25) is 0 Å². The molecule has 3 heteroatoms. The molecule has 0 aliphatic carbocycles. The third-order valence-electron chi connectivity index (χ3n) is 5.39. The Hall–Kier alpha value is -2.16. The van der Waals surface area contributed by atoms with Gasteiger partial charge in [0.15, 0.2) is 0 Å². The summed E-state index contributed by atoms with van der Waals surface area (Å²) < 4.78 is 5.85. The summed E-state index contributed by atoms with van der Waals surface area (Å²) >= 11 is 0. The molecule has 30 heavy (non-hydrogen) atoms. The highest BCUT2D eigenvalue weighted by Gasteiger charge is 1.97. The summed E-state index contributed by atoms with van der Waals surface area (Å²) in [6.45, 7) is 3.08. The van der Waals surface area contributed by atoms with Crippen molar-refractivity contribution >= 4 is 11.4 Å². The maximum Gasteiger partial charge on any atom is 0.119 e. The van der Waals surface area contributed by atoms with Gasteiger partial charge in [0.2, 0.25) is 0 Å². The molecule has 0 radical (unpaired) electrons. The average Bonchev–Trinajstić information content (AvgIpc) is 2.79. The van der Waals surface area contributed by atoms with Gasteiger partial charge in [-0.1, -0.05) is 102 Å². The number of nitrogens with zero attached hydrogens (tertiary/aromatic N) is 2. The molecule has 0 N–H and O–H groups in total. The van der Waals surface area contributed by atoms with Gasteiger partial charge in [0.1, 0.15) is 5.75 Å². The molecule has 0 fully saturated rings. The van der Waals surface area contributed by atoms with Crippen molar-refractivity contribution in [1.82, 2.24) is 0 Å². The first-order valence-corrected chi connectivity index (χ1v) is 12.1. The summed E-state index contributed by atoms with van der Waals surface area (Å²) in [5, 5.41) is 8.49. The van der Waals surface area contributed by atoms with Gasteiger partial charge < -0.3 is 4.74 Å².